The van der Waals surface area contributed by atoms with E-state index < -0.39 is 31.0 Å². The summed E-state index contributed by atoms with van der Waals surface area (Å²) in [7, 11) is 1.97. The van der Waals surface area contributed by atoms with Crippen molar-refractivity contribution in [3.8, 4) is 17.2 Å². The number of alkyl halides is 3. The molecule has 0 fully saturated rings. The van der Waals surface area contributed by atoms with Crippen molar-refractivity contribution in [2.45, 2.75) is 58.0 Å². The number of rotatable bonds is 9. The average Bonchev–Trinajstić information content (AvgIpc) is 3.39. The van der Waals surface area contributed by atoms with Crippen LogP contribution in [0.25, 0.3) is 0 Å². The lowest BCUT2D eigenvalue weighted by Crippen LogP contribution is -2.47. The average molecular weight is 580 g/mol. The molecule has 2 N–H and O–H groups in total. The van der Waals surface area contributed by atoms with Crippen LogP contribution >= 0.6 is 0 Å². The van der Waals surface area contributed by atoms with Gasteiger partial charge in [-0.3, -0.25) is 14.5 Å². The van der Waals surface area contributed by atoms with E-state index in [1.54, 1.807) is 30.0 Å². The predicted octanol–water partition coefficient (Wildman–Crippen LogP) is 3.98. The van der Waals surface area contributed by atoms with Gasteiger partial charge in [-0.15, -0.1) is 0 Å². The van der Waals surface area contributed by atoms with Gasteiger partial charge in [-0.1, -0.05) is 13.0 Å². The molecule has 12 heteroatoms. The number of nitrogens with zero attached hydrogens (tertiary/aromatic N) is 2. The van der Waals surface area contributed by atoms with Crippen molar-refractivity contribution in [2.75, 3.05) is 38.9 Å². The molecule has 2 aliphatic heterocycles. The molecule has 0 saturated carbocycles. The summed E-state index contributed by atoms with van der Waals surface area (Å²) in [5, 5.41) is 12.3. The number of carbonyl (C=O) groups excluding carboxylic acids is 2. The first-order valence-electron chi connectivity index (χ1n) is 13.6. The van der Waals surface area contributed by atoms with Gasteiger partial charge < -0.3 is 29.5 Å². The number of benzene rings is 2. The molecular weight excluding hydrogens is 543 g/mol. The van der Waals surface area contributed by atoms with Crippen LogP contribution < -0.4 is 19.5 Å². The number of fused-ring (bicyclic) bond motifs is 2. The Morgan fingerprint density at radius 1 is 1.17 bits per heavy atom. The van der Waals surface area contributed by atoms with Crippen molar-refractivity contribution in [3.05, 3.63) is 47.5 Å². The highest BCUT2D eigenvalue weighted by atomic mass is 19.4. The Hall–Kier alpha value is -3.51. The Balaban J connectivity index is 1.54. The maximum atomic E-state index is 13.4. The van der Waals surface area contributed by atoms with E-state index in [2.05, 4.69) is 10.2 Å². The Morgan fingerprint density at radius 3 is 2.63 bits per heavy atom. The first-order chi connectivity index (χ1) is 19.4. The van der Waals surface area contributed by atoms with Gasteiger partial charge in [-0.05, 0) is 49.9 Å². The van der Waals surface area contributed by atoms with Gasteiger partial charge in [-0.2, -0.15) is 13.2 Å². The van der Waals surface area contributed by atoms with E-state index >= 15 is 0 Å². The molecule has 2 aromatic carbocycles. The molecule has 0 radical (unpaired) electrons. The first kappa shape index (κ1) is 30.4. The summed E-state index contributed by atoms with van der Waals surface area (Å²) in [6.45, 7) is 5.22. The fraction of sp³-hybridized carbons (Fsp3) is 0.517. The molecule has 2 heterocycles. The number of hydrogen-bond donors (Lipinski definition) is 2. The molecule has 0 aromatic heterocycles. The zero-order valence-electron chi connectivity index (χ0n) is 23.4. The Kier molecular flexibility index (Phi) is 9.64. The number of carbonyl (C=O) groups is 2. The van der Waals surface area contributed by atoms with Gasteiger partial charge in [0, 0.05) is 43.2 Å². The van der Waals surface area contributed by atoms with Crippen LogP contribution in [0.1, 0.15) is 37.8 Å². The Morgan fingerprint density at radius 2 is 1.90 bits per heavy atom. The molecule has 9 nitrogen and oxygen atoms in total. The number of amides is 2. The molecule has 0 unspecified atom stereocenters. The number of anilines is 1. The number of aliphatic hydroxyl groups is 1. The van der Waals surface area contributed by atoms with E-state index in [9.17, 15) is 27.9 Å². The van der Waals surface area contributed by atoms with Crippen LogP contribution in [-0.2, 0) is 22.6 Å². The van der Waals surface area contributed by atoms with E-state index in [4.69, 9.17) is 14.2 Å². The SMILES string of the molecule is C[C@@H]1CN([C@H](C)CO)C(=O)Cc2cc(NC(=O)CCC(F)(F)F)ccc2O[C@H]1CN(C)Cc1ccc2c(c1)OCO2. The van der Waals surface area contributed by atoms with Gasteiger partial charge in [-0.25, -0.2) is 0 Å². The number of nitrogens with one attached hydrogen (secondary N) is 1. The van der Waals surface area contributed by atoms with Crippen molar-refractivity contribution >= 4 is 17.5 Å². The van der Waals surface area contributed by atoms with E-state index in [0.717, 1.165) is 5.56 Å². The number of likely N-dealkylation sites (N-methyl/N-ethyl adjacent to an activating group) is 1. The number of ether oxygens (including phenoxy) is 3. The van der Waals surface area contributed by atoms with Crippen molar-refractivity contribution in [2.24, 2.45) is 5.92 Å². The molecule has 2 aromatic rings. The summed E-state index contributed by atoms with van der Waals surface area (Å²) >= 11 is 0. The van der Waals surface area contributed by atoms with Crippen LogP contribution in [-0.4, -0.2) is 78.6 Å². The second kappa shape index (κ2) is 13.0. The quantitative estimate of drug-likeness (QED) is 0.464. The molecule has 41 heavy (non-hydrogen) atoms. The van der Waals surface area contributed by atoms with Gasteiger partial charge >= 0.3 is 6.18 Å². The molecule has 2 amide bonds. The minimum Gasteiger partial charge on any atom is -0.488 e. The smallest absolute Gasteiger partial charge is 0.389 e. The van der Waals surface area contributed by atoms with Crippen LogP contribution in [0, 0.1) is 5.92 Å². The fourth-order valence-electron chi connectivity index (χ4n) is 4.93. The number of hydrogen-bond acceptors (Lipinski definition) is 7. The second-order valence-corrected chi connectivity index (χ2v) is 10.8. The summed E-state index contributed by atoms with van der Waals surface area (Å²) in [6.07, 6.45) is -6.76. The van der Waals surface area contributed by atoms with Crippen LogP contribution in [0.3, 0.4) is 0 Å². The van der Waals surface area contributed by atoms with Crippen LogP contribution in [0.4, 0.5) is 18.9 Å². The lowest BCUT2D eigenvalue weighted by Gasteiger charge is -2.34. The van der Waals surface area contributed by atoms with Crippen LogP contribution in [0.15, 0.2) is 36.4 Å². The number of aliphatic hydroxyl groups excluding tert-OH is 1. The third-order valence-corrected chi connectivity index (χ3v) is 7.22. The molecule has 4 rings (SSSR count). The third-order valence-electron chi connectivity index (χ3n) is 7.22. The summed E-state index contributed by atoms with van der Waals surface area (Å²) in [5.74, 6) is 0.756. The van der Waals surface area contributed by atoms with Crippen molar-refractivity contribution in [3.63, 3.8) is 0 Å². The van der Waals surface area contributed by atoms with Gasteiger partial charge in [0.05, 0.1) is 25.5 Å². The molecule has 2 aliphatic rings. The standard InChI is InChI=1S/C29H36F3N3O6/c1-18-13-35(19(2)16-36)28(38)12-21-11-22(33-27(37)8-9-29(30,31)32)5-7-23(21)41-26(18)15-34(3)14-20-4-6-24-25(10-20)40-17-39-24/h4-7,10-11,18-19,26,36H,8-9,12-17H2,1-3H3,(H,33,37)/t18-,19-,26+/m1/s1. The molecule has 224 valence electrons. The normalized spacial score (nSPS) is 19.6. The highest BCUT2D eigenvalue weighted by Gasteiger charge is 2.32. The largest absolute Gasteiger partial charge is 0.488 e. The number of halogens is 3. The lowest BCUT2D eigenvalue weighted by atomic mass is 10.0. The molecular formula is C29H36F3N3O6. The van der Waals surface area contributed by atoms with E-state index in [0.29, 0.717) is 42.4 Å². The van der Waals surface area contributed by atoms with E-state index in [-0.39, 0.29) is 43.4 Å². The van der Waals surface area contributed by atoms with Gasteiger partial charge in [0.1, 0.15) is 11.9 Å². The minimum atomic E-state index is -4.43. The van der Waals surface area contributed by atoms with E-state index in [1.807, 2.05) is 32.2 Å². The zero-order chi connectivity index (χ0) is 29.7. The third kappa shape index (κ3) is 8.26. The molecule has 3 atom stereocenters. The zero-order valence-corrected chi connectivity index (χ0v) is 23.4. The summed E-state index contributed by atoms with van der Waals surface area (Å²) in [5.41, 5.74) is 1.80. The van der Waals surface area contributed by atoms with Crippen molar-refractivity contribution in [1.29, 1.82) is 0 Å². The fourth-order valence-corrected chi connectivity index (χ4v) is 4.93. The minimum absolute atomic E-state index is 0.0571. The summed E-state index contributed by atoms with van der Waals surface area (Å²) in [6, 6.07) is 10.1. The highest BCUT2D eigenvalue weighted by Crippen LogP contribution is 2.33. The lowest BCUT2D eigenvalue weighted by molar-refractivity contribution is -0.142. The Bertz CT molecular complexity index is 1240. The van der Waals surface area contributed by atoms with E-state index in [1.165, 1.54) is 0 Å². The molecule has 0 bridgehead atoms. The van der Waals surface area contributed by atoms with Crippen LogP contribution in [0.5, 0.6) is 17.2 Å². The van der Waals surface area contributed by atoms with Gasteiger partial charge in [0.2, 0.25) is 18.6 Å². The summed E-state index contributed by atoms with van der Waals surface area (Å²) in [4.78, 5) is 29.2. The highest BCUT2D eigenvalue weighted by molar-refractivity contribution is 5.91. The van der Waals surface area contributed by atoms with Gasteiger partial charge in [0.15, 0.2) is 11.5 Å². The van der Waals surface area contributed by atoms with Crippen LogP contribution in [0.2, 0.25) is 0 Å². The Labute approximate surface area is 237 Å². The monoisotopic (exact) mass is 579 g/mol. The first-order valence-corrected chi connectivity index (χ1v) is 13.6. The molecule has 0 aliphatic carbocycles. The van der Waals surface area contributed by atoms with Crippen molar-refractivity contribution < 1.29 is 42.1 Å². The van der Waals surface area contributed by atoms with Crippen molar-refractivity contribution in [1.82, 2.24) is 9.80 Å². The van der Waals surface area contributed by atoms with Gasteiger partial charge in [0.25, 0.3) is 0 Å². The second-order valence-electron chi connectivity index (χ2n) is 10.8. The predicted molar refractivity (Wildman–Crippen MR) is 145 cm³/mol. The topological polar surface area (TPSA) is 101 Å². The maximum Gasteiger partial charge on any atom is 0.389 e. The summed E-state index contributed by atoms with van der Waals surface area (Å²) < 4.78 is 55.0. The molecule has 0 saturated heterocycles. The maximum absolute atomic E-state index is 13.4. The molecule has 0 spiro atoms.